The van der Waals surface area contributed by atoms with Crippen LogP contribution in [0.1, 0.15) is 27.2 Å². The van der Waals surface area contributed by atoms with Crippen molar-refractivity contribution in [1.82, 2.24) is 10.6 Å². The van der Waals surface area contributed by atoms with E-state index in [9.17, 15) is 14.4 Å². The molecule has 7 heteroatoms. The van der Waals surface area contributed by atoms with Crippen LogP contribution in [0, 0.1) is 5.92 Å². The highest BCUT2D eigenvalue weighted by atomic mass is 16.2. The van der Waals surface area contributed by atoms with Gasteiger partial charge in [-0.2, -0.15) is 0 Å². The van der Waals surface area contributed by atoms with Crippen molar-refractivity contribution in [2.45, 2.75) is 45.3 Å². The Balaban J connectivity index is 1.90. The molecule has 3 atom stereocenters. The van der Waals surface area contributed by atoms with Gasteiger partial charge in [-0.3, -0.25) is 14.4 Å². The Morgan fingerprint density at radius 2 is 1.92 bits per heavy atom. The number of nitrogens with two attached hydrogens (primary N) is 1. The van der Waals surface area contributed by atoms with Crippen molar-refractivity contribution in [2.24, 2.45) is 11.7 Å². The number of rotatable bonds is 6. The second-order valence-electron chi connectivity index (χ2n) is 6.74. The molecule has 0 aromatic heterocycles. The molecule has 1 aliphatic rings. The van der Waals surface area contributed by atoms with Gasteiger partial charge in [0.15, 0.2) is 0 Å². The van der Waals surface area contributed by atoms with E-state index in [4.69, 9.17) is 5.73 Å². The molecule has 136 valence electrons. The van der Waals surface area contributed by atoms with Crippen LogP contribution >= 0.6 is 0 Å². The van der Waals surface area contributed by atoms with Gasteiger partial charge in [0.25, 0.3) is 0 Å². The van der Waals surface area contributed by atoms with Crippen LogP contribution in [0.25, 0.3) is 0 Å². The number of anilines is 1. The minimum absolute atomic E-state index is 0.0100. The number of para-hydroxylation sites is 1. The fourth-order valence-electron chi connectivity index (χ4n) is 2.86. The van der Waals surface area contributed by atoms with Gasteiger partial charge in [-0.05, 0) is 31.4 Å². The van der Waals surface area contributed by atoms with Gasteiger partial charge in [-0.25, -0.2) is 0 Å². The summed E-state index contributed by atoms with van der Waals surface area (Å²) in [5, 5.41) is 5.20. The minimum Gasteiger partial charge on any atom is -0.346 e. The predicted octanol–water partition coefficient (Wildman–Crippen LogP) is 0.396. The zero-order valence-corrected chi connectivity index (χ0v) is 14.9. The number of carbonyl (C=O) groups excluding carboxylic acids is 3. The molecule has 4 N–H and O–H groups in total. The topological polar surface area (TPSA) is 105 Å². The maximum atomic E-state index is 12.6. The van der Waals surface area contributed by atoms with Gasteiger partial charge < -0.3 is 21.3 Å². The molecule has 1 fully saturated rings. The molecule has 1 heterocycles. The SMILES string of the molecule is CC(C)[C@H](N)C(=O)NCC(=O)NC1CC(C)N(c2ccccc2)C1=O. The third-order valence-corrected chi connectivity index (χ3v) is 4.37. The number of nitrogens with zero attached hydrogens (tertiary/aromatic N) is 1. The van der Waals surface area contributed by atoms with E-state index < -0.39 is 18.0 Å². The molecule has 2 rings (SSSR count). The van der Waals surface area contributed by atoms with Crippen molar-refractivity contribution < 1.29 is 14.4 Å². The third-order valence-electron chi connectivity index (χ3n) is 4.37. The fourth-order valence-corrected chi connectivity index (χ4v) is 2.86. The molecule has 2 unspecified atom stereocenters. The largest absolute Gasteiger partial charge is 0.346 e. The first-order valence-electron chi connectivity index (χ1n) is 8.52. The van der Waals surface area contributed by atoms with E-state index in [0.717, 1.165) is 5.69 Å². The Morgan fingerprint density at radius 3 is 2.52 bits per heavy atom. The predicted molar refractivity (Wildman–Crippen MR) is 95.8 cm³/mol. The zero-order chi connectivity index (χ0) is 18.6. The van der Waals surface area contributed by atoms with Crippen LogP contribution in [0.15, 0.2) is 30.3 Å². The van der Waals surface area contributed by atoms with Crippen LogP contribution < -0.4 is 21.3 Å². The van der Waals surface area contributed by atoms with Crippen LogP contribution in [0.4, 0.5) is 5.69 Å². The standard InChI is InChI=1S/C18H26N4O3/c1-11(2)16(19)17(24)20-10-15(23)21-14-9-12(3)22(18(14)25)13-7-5-4-6-8-13/h4-8,11-12,14,16H,9-10,19H2,1-3H3,(H,20,24)(H,21,23)/t12?,14?,16-/m0/s1. The van der Waals surface area contributed by atoms with Crippen molar-refractivity contribution >= 4 is 23.4 Å². The average molecular weight is 346 g/mol. The van der Waals surface area contributed by atoms with E-state index in [2.05, 4.69) is 10.6 Å². The quantitative estimate of drug-likeness (QED) is 0.693. The van der Waals surface area contributed by atoms with Gasteiger partial charge in [-0.1, -0.05) is 32.0 Å². The molecule has 0 spiro atoms. The lowest BCUT2D eigenvalue weighted by Gasteiger charge is -2.21. The fraction of sp³-hybridized carbons (Fsp3) is 0.500. The van der Waals surface area contributed by atoms with Gasteiger partial charge in [0.2, 0.25) is 17.7 Å². The molecule has 1 saturated heterocycles. The Bertz CT molecular complexity index is 632. The van der Waals surface area contributed by atoms with Crippen molar-refractivity contribution in [3.8, 4) is 0 Å². The highest BCUT2D eigenvalue weighted by Gasteiger charge is 2.38. The van der Waals surface area contributed by atoms with Crippen LogP contribution in [0.2, 0.25) is 0 Å². The van der Waals surface area contributed by atoms with Gasteiger partial charge >= 0.3 is 0 Å². The molecule has 0 saturated carbocycles. The van der Waals surface area contributed by atoms with Crippen LogP contribution in [-0.4, -0.2) is 42.4 Å². The number of hydrogen-bond donors (Lipinski definition) is 3. The molecule has 0 bridgehead atoms. The lowest BCUT2D eigenvalue weighted by Crippen LogP contribution is -2.49. The molecule has 0 aliphatic carbocycles. The molecular weight excluding hydrogens is 320 g/mol. The monoisotopic (exact) mass is 346 g/mol. The molecule has 1 aromatic carbocycles. The van der Waals surface area contributed by atoms with Crippen LogP contribution in [0.3, 0.4) is 0 Å². The molecule has 0 radical (unpaired) electrons. The summed E-state index contributed by atoms with van der Waals surface area (Å²) in [4.78, 5) is 38.1. The highest BCUT2D eigenvalue weighted by Crippen LogP contribution is 2.26. The third kappa shape index (κ3) is 4.57. The number of amides is 3. The minimum atomic E-state index is -0.658. The molecular formula is C18H26N4O3. The lowest BCUT2D eigenvalue weighted by molar-refractivity contribution is -0.128. The van der Waals surface area contributed by atoms with E-state index in [1.54, 1.807) is 4.90 Å². The summed E-state index contributed by atoms with van der Waals surface area (Å²) >= 11 is 0. The lowest BCUT2D eigenvalue weighted by atomic mass is 10.1. The number of nitrogens with one attached hydrogen (secondary N) is 2. The summed E-state index contributed by atoms with van der Waals surface area (Å²) < 4.78 is 0. The van der Waals surface area contributed by atoms with Crippen molar-refractivity contribution in [1.29, 1.82) is 0 Å². The average Bonchev–Trinajstić information content (AvgIpc) is 2.86. The Morgan fingerprint density at radius 1 is 1.28 bits per heavy atom. The molecule has 1 aliphatic heterocycles. The molecule has 7 nitrogen and oxygen atoms in total. The van der Waals surface area contributed by atoms with Crippen molar-refractivity contribution in [3.63, 3.8) is 0 Å². The summed E-state index contributed by atoms with van der Waals surface area (Å²) in [7, 11) is 0. The van der Waals surface area contributed by atoms with Crippen LogP contribution in [0.5, 0.6) is 0 Å². The van der Waals surface area contributed by atoms with E-state index in [1.165, 1.54) is 0 Å². The number of carbonyl (C=O) groups is 3. The Labute approximate surface area is 147 Å². The Kier molecular flexibility index (Phi) is 6.14. The smallest absolute Gasteiger partial charge is 0.249 e. The second kappa shape index (κ2) is 8.11. The van der Waals surface area contributed by atoms with Gasteiger partial charge in [0.1, 0.15) is 6.04 Å². The van der Waals surface area contributed by atoms with Gasteiger partial charge in [0.05, 0.1) is 12.6 Å². The summed E-state index contributed by atoms with van der Waals surface area (Å²) in [5.74, 6) is -0.927. The van der Waals surface area contributed by atoms with Gasteiger partial charge in [-0.15, -0.1) is 0 Å². The maximum Gasteiger partial charge on any atom is 0.249 e. The first-order chi connectivity index (χ1) is 11.8. The van der Waals surface area contributed by atoms with E-state index >= 15 is 0 Å². The number of hydrogen-bond acceptors (Lipinski definition) is 4. The second-order valence-corrected chi connectivity index (χ2v) is 6.74. The summed E-state index contributed by atoms with van der Waals surface area (Å²) in [6, 6.07) is 8.11. The molecule has 25 heavy (non-hydrogen) atoms. The summed E-state index contributed by atoms with van der Waals surface area (Å²) in [6.45, 7) is 5.42. The van der Waals surface area contributed by atoms with E-state index in [1.807, 2.05) is 51.1 Å². The number of benzene rings is 1. The Hall–Kier alpha value is -2.41. The zero-order valence-electron chi connectivity index (χ0n) is 14.9. The first kappa shape index (κ1) is 18.9. The normalized spacial score (nSPS) is 21.3. The van der Waals surface area contributed by atoms with E-state index in [0.29, 0.717) is 6.42 Å². The molecule has 3 amide bonds. The van der Waals surface area contributed by atoms with Crippen LogP contribution in [-0.2, 0) is 14.4 Å². The van der Waals surface area contributed by atoms with Crippen molar-refractivity contribution in [3.05, 3.63) is 30.3 Å². The molecule has 1 aromatic rings. The first-order valence-corrected chi connectivity index (χ1v) is 8.52. The maximum absolute atomic E-state index is 12.6. The van der Waals surface area contributed by atoms with Crippen molar-refractivity contribution in [2.75, 3.05) is 11.4 Å². The summed E-state index contributed by atoms with van der Waals surface area (Å²) in [5.41, 5.74) is 6.54. The van der Waals surface area contributed by atoms with E-state index in [-0.39, 0.29) is 30.3 Å². The highest BCUT2D eigenvalue weighted by molar-refractivity contribution is 6.02. The van der Waals surface area contributed by atoms with Gasteiger partial charge in [0, 0.05) is 11.7 Å². The summed E-state index contributed by atoms with van der Waals surface area (Å²) in [6.07, 6.45) is 0.527.